The van der Waals surface area contributed by atoms with Crippen LogP contribution < -0.4 is 5.32 Å². The van der Waals surface area contributed by atoms with Crippen molar-refractivity contribution in [1.82, 2.24) is 29.8 Å². The van der Waals surface area contributed by atoms with Gasteiger partial charge in [0, 0.05) is 42.7 Å². The molecule has 4 aromatic heterocycles. The number of hydrogen-bond acceptors (Lipinski definition) is 7. The van der Waals surface area contributed by atoms with Crippen LogP contribution in [-0.4, -0.2) is 43.2 Å². The van der Waals surface area contributed by atoms with Crippen LogP contribution in [0.1, 0.15) is 26.6 Å². The summed E-state index contributed by atoms with van der Waals surface area (Å²) in [4.78, 5) is 30.0. The van der Waals surface area contributed by atoms with Crippen LogP contribution in [0.4, 0.5) is 0 Å². The van der Waals surface area contributed by atoms with E-state index in [1.165, 1.54) is 0 Å². The number of imidazole rings is 1. The predicted octanol–water partition coefficient (Wildman–Crippen LogP) is 3.17. The minimum atomic E-state index is -0.152. The molecule has 4 rings (SSSR count). The van der Waals surface area contributed by atoms with Gasteiger partial charge in [-0.1, -0.05) is 6.07 Å². The third kappa shape index (κ3) is 4.80. The molecule has 0 bridgehead atoms. The minimum Gasteiger partial charge on any atom is -0.352 e. The SMILES string of the molecule is CSCc1nc(CCNC(=O)c2cnc3c(c2)ncn3Cc2cccnc2)cs1. The lowest BCUT2D eigenvalue weighted by Gasteiger charge is -2.05. The smallest absolute Gasteiger partial charge is 0.252 e. The average molecular weight is 425 g/mol. The first-order valence-electron chi connectivity index (χ1n) is 9.13. The van der Waals surface area contributed by atoms with Crippen molar-refractivity contribution in [2.24, 2.45) is 0 Å². The molecule has 1 amide bonds. The van der Waals surface area contributed by atoms with E-state index >= 15 is 0 Å². The molecule has 4 heterocycles. The number of pyridine rings is 2. The summed E-state index contributed by atoms with van der Waals surface area (Å²) in [5.41, 5.74) is 4.03. The third-order valence-corrected chi connectivity index (χ3v) is 5.97. The molecule has 0 fully saturated rings. The molecular weight excluding hydrogens is 404 g/mol. The zero-order valence-corrected chi connectivity index (χ0v) is 17.5. The number of hydrogen-bond donors (Lipinski definition) is 1. The molecule has 0 radical (unpaired) electrons. The van der Waals surface area contributed by atoms with Crippen molar-refractivity contribution < 1.29 is 4.79 Å². The van der Waals surface area contributed by atoms with Gasteiger partial charge in [0.2, 0.25) is 0 Å². The largest absolute Gasteiger partial charge is 0.352 e. The predicted molar refractivity (Wildman–Crippen MR) is 116 cm³/mol. The van der Waals surface area contributed by atoms with Crippen LogP contribution in [0.2, 0.25) is 0 Å². The first-order valence-corrected chi connectivity index (χ1v) is 11.4. The fraction of sp³-hybridized carbons (Fsp3) is 0.250. The van der Waals surface area contributed by atoms with Crippen LogP contribution in [0, 0.1) is 0 Å². The van der Waals surface area contributed by atoms with Gasteiger partial charge in [-0.3, -0.25) is 9.78 Å². The van der Waals surface area contributed by atoms with E-state index in [2.05, 4.69) is 36.9 Å². The van der Waals surface area contributed by atoms with Gasteiger partial charge in [0.05, 0.1) is 24.1 Å². The highest BCUT2D eigenvalue weighted by molar-refractivity contribution is 7.97. The van der Waals surface area contributed by atoms with E-state index in [4.69, 9.17) is 0 Å². The lowest BCUT2D eigenvalue weighted by atomic mass is 10.2. The first-order chi connectivity index (χ1) is 14.2. The van der Waals surface area contributed by atoms with E-state index in [0.717, 1.165) is 27.7 Å². The summed E-state index contributed by atoms with van der Waals surface area (Å²) in [5.74, 6) is 0.775. The number of carbonyl (C=O) groups excluding carboxylic acids is 1. The normalized spacial score (nSPS) is 11.1. The maximum absolute atomic E-state index is 12.5. The second-order valence-corrected chi connectivity index (χ2v) is 8.28. The Morgan fingerprint density at radius 1 is 1.31 bits per heavy atom. The Kier molecular flexibility index (Phi) is 6.16. The van der Waals surface area contributed by atoms with E-state index < -0.39 is 0 Å². The Morgan fingerprint density at radius 2 is 2.24 bits per heavy atom. The number of thiazole rings is 1. The zero-order chi connectivity index (χ0) is 20.1. The van der Waals surface area contributed by atoms with Crippen molar-refractivity contribution in [2.75, 3.05) is 12.8 Å². The summed E-state index contributed by atoms with van der Waals surface area (Å²) in [6, 6.07) is 5.68. The molecular formula is C20H20N6OS2. The Balaban J connectivity index is 1.38. The maximum Gasteiger partial charge on any atom is 0.252 e. The highest BCUT2D eigenvalue weighted by Crippen LogP contribution is 2.16. The number of thioether (sulfide) groups is 1. The third-order valence-electron chi connectivity index (χ3n) is 4.33. The minimum absolute atomic E-state index is 0.152. The highest BCUT2D eigenvalue weighted by Gasteiger charge is 2.11. The molecule has 0 saturated heterocycles. The number of amides is 1. The average Bonchev–Trinajstić information content (AvgIpc) is 3.36. The molecule has 0 unspecified atom stereocenters. The van der Waals surface area contributed by atoms with Gasteiger partial charge < -0.3 is 9.88 Å². The second-order valence-electron chi connectivity index (χ2n) is 6.47. The van der Waals surface area contributed by atoms with Gasteiger partial charge in [-0.2, -0.15) is 11.8 Å². The summed E-state index contributed by atoms with van der Waals surface area (Å²) in [6.07, 6.45) is 9.68. The van der Waals surface area contributed by atoms with Gasteiger partial charge in [0.1, 0.15) is 10.5 Å². The van der Waals surface area contributed by atoms with Gasteiger partial charge in [-0.15, -0.1) is 11.3 Å². The lowest BCUT2D eigenvalue weighted by molar-refractivity contribution is 0.0954. The fourth-order valence-electron chi connectivity index (χ4n) is 2.94. The molecule has 0 atom stereocenters. The van der Waals surface area contributed by atoms with Gasteiger partial charge in [0.25, 0.3) is 5.91 Å². The van der Waals surface area contributed by atoms with Crippen molar-refractivity contribution in [2.45, 2.75) is 18.7 Å². The van der Waals surface area contributed by atoms with Crippen LogP contribution in [0.15, 0.2) is 48.5 Å². The highest BCUT2D eigenvalue weighted by atomic mass is 32.2. The van der Waals surface area contributed by atoms with E-state index in [9.17, 15) is 4.79 Å². The van der Waals surface area contributed by atoms with E-state index in [1.807, 2.05) is 22.9 Å². The molecule has 0 saturated carbocycles. The van der Waals surface area contributed by atoms with Crippen LogP contribution in [0.25, 0.3) is 11.2 Å². The molecule has 0 spiro atoms. The Labute approximate surface area is 176 Å². The van der Waals surface area contributed by atoms with Crippen LogP contribution >= 0.6 is 23.1 Å². The summed E-state index contributed by atoms with van der Waals surface area (Å²) >= 11 is 3.42. The number of nitrogens with zero attached hydrogens (tertiary/aromatic N) is 5. The molecule has 0 aliphatic heterocycles. The molecule has 9 heteroatoms. The molecule has 29 heavy (non-hydrogen) atoms. The van der Waals surface area contributed by atoms with Crippen LogP contribution in [0.3, 0.4) is 0 Å². The molecule has 0 aliphatic rings. The second kappa shape index (κ2) is 9.15. The van der Waals surface area contributed by atoms with Crippen LogP contribution in [0.5, 0.6) is 0 Å². The van der Waals surface area contributed by atoms with Gasteiger partial charge in [-0.25, -0.2) is 15.0 Å². The molecule has 7 nitrogen and oxygen atoms in total. The monoisotopic (exact) mass is 424 g/mol. The van der Waals surface area contributed by atoms with Crippen molar-refractivity contribution in [3.05, 3.63) is 70.3 Å². The fourth-order valence-corrected chi connectivity index (χ4v) is 4.49. The van der Waals surface area contributed by atoms with Gasteiger partial charge in [0.15, 0.2) is 5.65 Å². The van der Waals surface area contributed by atoms with Crippen molar-refractivity contribution in [3.63, 3.8) is 0 Å². The molecule has 148 valence electrons. The Hall–Kier alpha value is -2.78. The summed E-state index contributed by atoms with van der Waals surface area (Å²) in [6.45, 7) is 1.17. The Morgan fingerprint density at radius 3 is 3.07 bits per heavy atom. The first kappa shape index (κ1) is 19.5. The molecule has 1 N–H and O–H groups in total. The summed E-state index contributed by atoms with van der Waals surface area (Å²) in [7, 11) is 0. The number of aromatic nitrogens is 5. The summed E-state index contributed by atoms with van der Waals surface area (Å²) < 4.78 is 1.95. The zero-order valence-electron chi connectivity index (χ0n) is 15.9. The standard InChI is InChI=1S/C20H20N6OS2/c1-28-12-18-25-16(11-29-18)4-6-22-20(27)15-7-17-19(23-9-15)26(13-24-17)10-14-3-2-5-21-8-14/h2-3,5,7-9,11,13H,4,6,10,12H2,1H3,(H,22,27). The number of fused-ring (bicyclic) bond motifs is 1. The topological polar surface area (TPSA) is 85.6 Å². The summed E-state index contributed by atoms with van der Waals surface area (Å²) in [5, 5.41) is 6.11. The van der Waals surface area contributed by atoms with Gasteiger partial charge in [-0.05, 0) is 24.0 Å². The van der Waals surface area contributed by atoms with Crippen molar-refractivity contribution in [3.8, 4) is 0 Å². The van der Waals surface area contributed by atoms with Gasteiger partial charge >= 0.3 is 0 Å². The lowest BCUT2D eigenvalue weighted by Crippen LogP contribution is -2.25. The van der Waals surface area contributed by atoms with Crippen molar-refractivity contribution >= 4 is 40.2 Å². The maximum atomic E-state index is 12.5. The number of carbonyl (C=O) groups is 1. The number of nitrogens with one attached hydrogen (secondary N) is 1. The Bertz CT molecular complexity index is 1110. The van der Waals surface area contributed by atoms with Crippen LogP contribution in [-0.2, 0) is 18.7 Å². The molecule has 4 aromatic rings. The quantitative estimate of drug-likeness (QED) is 0.468. The molecule has 0 aromatic carbocycles. The van der Waals surface area contributed by atoms with Crippen molar-refractivity contribution in [1.29, 1.82) is 0 Å². The van der Waals surface area contributed by atoms with E-state index in [0.29, 0.717) is 30.6 Å². The molecule has 0 aliphatic carbocycles. The van der Waals surface area contributed by atoms with E-state index in [-0.39, 0.29) is 5.91 Å². The number of rotatable bonds is 8. The van der Waals surface area contributed by atoms with E-state index in [1.54, 1.807) is 47.9 Å².